The van der Waals surface area contributed by atoms with Crippen molar-refractivity contribution in [2.45, 2.75) is 19.9 Å². The van der Waals surface area contributed by atoms with Crippen molar-refractivity contribution >= 4 is 15.8 Å². The van der Waals surface area contributed by atoms with E-state index in [1.54, 1.807) is 24.4 Å². The molecule has 0 bridgehead atoms. The first-order chi connectivity index (χ1) is 13.6. The highest BCUT2D eigenvalue weighted by atomic mass is 32.2. The van der Waals surface area contributed by atoms with E-state index >= 15 is 0 Å². The molecule has 0 aliphatic carbocycles. The minimum atomic E-state index is -3.61. The van der Waals surface area contributed by atoms with Gasteiger partial charge < -0.3 is 4.74 Å². The Morgan fingerprint density at radius 1 is 0.893 bits per heavy atom. The number of hydrogen-bond acceptors (Lipinski definition) is 4. The second-order valence-corrected chi connectivity index (χ2v) is 8.36. The lowest BCUT2D eigenvalue weighted by Gasteiger charge is -2.23. The zero-order valence-corrected chi connectivity index (χ0v) is 16.7. The molecule has 0 amide bonds. The number of pyridine rings is 1. The number of hydrogen-bond donors (Lipinski definition) is 0. The number of aryl methyl sites for hydroxylation is 1. The SMILES string of the molecule is CCc1ccc(OCCS(=O)(=O)N(Cc2ccccc2)c2ccccn2)cc1. The van der Waals surface area contributed by atoms with Crippen molar-refractivity contribution in [3.05, 3.63) is 90.1 Å². The van der Waals surface area contributed by atoms with E-state index < -0.39 is 10.0 Å². The van der Waals surface area contributed by atoms with Gasteiger partial charge in [0.25, 0.3) is 0 Å². The number of ether oxygens (including phenoxy) is 1. The van der Waals surface area contributed by atoms with Gasteiger partial charge in [-0.05, 0) is 41.8 Å². The fraction of sp³-hybridized carbons (Fsp3) is 0.227. The zero-order chi connectivity index (χ0) is 19.8. The quantitative estimate of drug-likeness (QED) is 0.547. The van der Waals surface area contributed by atoms with Gasteiger partial charge in [0.1, 0.15) is 23.9 Å². The predicted octanol–water partition coefficient (Wildman–Crippen LogP) is 4.06. The largest absolute Gasteiger partial charge is 0.492 e. The number of sulfonamides is 1. The highest BCUT2D eigenvalue weighted by Gasteiger charge is 2.24. The maximum atomic E-state index is 13.0. The molecule has 0 saturated heterocycles. The Bertz CT molecular complexity index is 960. The monoisotopic (exact) mass is 396 g/mol. The zero-order valence-electron chi connectivity index (χ0n) is 15.9. The van der Waals surface area contributed by atoms with E-state index in [2.05, 4.69) is 11.9 Å². The van der Waals surface area contributed by atoms with Gasteiger partial charge in [0.2, 0.25) is 10.0 Å². The van der Waals surface area contributed by atoms with Crippen LogP contribution >= 0.6 is 0 Å². The lowest BCUT2D eigenvalue weighted by atomic mass is 10.2. The van der Waals surface area contributed by atoms with Crippen molar-refractivity contribution in [1.29, 1.82) is 0 Å². The molecular weight excluding hydrogens is 372 g/mol. The standard InChI is InChI=1S/C22H24N2O3S/c1-2-19-11-13-21(14-12-19)27-16-17-28(25,26)24(22-10-6-7-15-23-22)18-20-8-4-3-5-9-20/h3-15H,2,16-18H2,1H3. The van der Waals surface area contributed by atoms with Crippen LogP contribution in [0.4, 0.5) is 5.82 Å². The van der Waals surface area contributed by atoms with Gasteiger partial charge in [0.05, 0.1) is 6.54 Å². The van der Waals surface area contributed by atoms with E-state index in [0.717, 1.165) is 12.0 Å². The predicted molar refractivity (Wildman–Crippen MR) is 112 cm³/mol. The molecule has 0 spiro atoms. The molecule has 5 nitrogen and oxygen atoms in total. The van der Waals surface area contributed by atoms with E-state index in [1.807, 2.05) is 54.6 Å². The van der Waals surface area contributed by atoms with Crippen molar-refractivity contribution in [1.82, 2.24) is 4.98 Å². The van der Waals surface area contributed by atoms with Crippen molar-refractivity contribution in [3.8, 4) is 5.75 Å². The molecule has 146 valence electrons. The molecule has 1 aromatic heterocycles. The van der Waals surface area contributed by atoms with E-state index in [-0.39, 0.29) is 18.9 Å². The van der Waals surface area contributed by atoms with Gasteiger partial charge in [0, 0.05) is 6.20 Å². The van der Waals surface area contributed by atoms with E-state index in [1.165, 1.54) is 9.87 Å². The summed E-state index contributed by atoms with van der Waals surface area (Å²) in [4.78, 5) is 4.23. The third-order valence-electron chi connectivity index (χ3n) is 4.35. The molecule has 28 heavy (non-hydrogen) atoms. The molecule has 6 heteroatoms. The average molecular weight is 397 g/mol. The Morgan fingerprint density at radius 3 is 2.25 bits per heavy atom. The second-order valence-electron chi connectivity index (χ2n) is 6.34. The number of rotatable bonds is 9. The summed E-state index contributed by atoms with van der Waals surface area (Å²) in [7, 11) is -3.61. The summed E-state index contributed by atoms with van der Waals surface area (Å²) in [5.41, 5.74) is 2.11. The number of nitrogens with zero attached hydrogens (tertiary/aromatic N) is 2. The molecule has 3 rings (SSSR count). The minimum absolute atomic E-state index is 0.0753. The van der Waals surface area contributed by atoms with Crippen LogP contribution in [0.1, 0.15) is 18.1 Å². The van der Waals surface area contributed by atoms with Crippen LogP contribution in [0.15, 0.2) is 79.0 Å². The van der Waals surface area contributed by atoms with Crippen LogP contribution in [0.5, 0.6) is 5.75 Å². The molecule has 0 N–H and O–H groups in total. The number of aromatic nitrogens is 1. The lowest BCUT2D eigenvalue weighted by molar-refractivity contribution is 0.340. The molecule has 2 aromatic carbocycles. The van der Waals surface area contributed by atoms with E-state index in [0.29, 0.717) is 11.6 Å². The van der Waals surface area contributed by atoms with Crippen molar-refractivity contribution in [2.75, 3.05) is 16.7 Å². The summed E-state index contributed by atoms with van der Waals surface area (Å²) >= 11 is 0. The maximum Gasteiger partial charge on any atom is 0.239 e. The summed E-state index contributed by atoms with van der Waals surface area (Å²) in [5.74, 6) is 0.935. The van der Waals surface area contributed by atoms with Crippen LogP contribution in [0.3, 0.4) is 0 Å². The highest BCUT2D eigenvalue weighted by molar-refractivity contribution is 7.92. The van der Waals surface area contributed by atoms with E-state index in [4.69, 9.17) is 4.74 Å². The van der Waals surface area contributed by atoms with Crippen LogP contribution < -0.4 is 9.04 Å². The first-order valence-corrected chi connectivity index (χ1v) is 10.9. The van der Waals surface area contributed by atoms with Crippen molar-refractivity contribution in [3.63, 3.8) is 0 Å². The Kier molecular flexibility index (Phi) is 6.66. The van der Waals surface area contributed by atoms with Crippen LogP contribution in [-0.2, 0) is 23.0 Å². The molecule has 0 saturated carbocycles. The van der Waals surface area contributed by atoms with Gasteiger partial charge in [-0.1, -0.05) is 55.5 Å². The van der Waals surface area contributed by atoms with Crippen LogP contribution in [0.25, 0.3) is 0 Å². The molecule has 0 atom stereocenters. The lowest BCUT2D eigenvalue weighted by Crippen LogP contribution is -2.35. The van der Waals surface area contributed by atoms with Gasteiger partial charge in [0.15, 0.2) is 0 Å². The van der Waals surface area contributed by atoms with Gasteiger partial charge in [-0.15, -0.1) is 0 Å². The van der Waals surface area contributed by atoms with Crippen molar-refractivity contribution in [2.24, 2.45) is 0 Å². The second kappa shape index (κ2) is 9.37. The fourth-order valence-corrected chi connectivity index (χ4v) is 4.02. The first-order valence-electron chi connectivity index (χ1n) is 9.25. The fourth-order valence-electron chi connectivity index (χ4n) is 2.77. The molecule has 1 heterocycles. The molecule has 0 radical (unpaired) electrons. The summed E-state index contributed by atoms with van der Waals surface area (Å²) in [5, 5.41) is 0. The number of benzene rings is 2. The molecule has 0 aliphatic rings. The summed E-state index contributed by atoms with van der Waals surface area (Å²) in [6.45, 7) is 2.39. The summed E-state index contributed by atoms with van der Waals surface area (Å²) in [6, 6.07) is 22.4. The van der Waals surface area contributed by atoms with Crippen LogP contribution in [-0.4, -0.2) is 25.8 Å². The molecule has 3 aromatic rings. The Labute approximate surface area is 166 Å². The molecule has 0 fully saturated rings. The summed E-state index contributed by atoms with van der Waals surface area (Å²) in [6.07, 6.45) is 2.54. The third kappa shape index (κ3) is 5.33. The van der Waals surface area contributed by atoms with Crippen LogP contribution in [0.2, 0.25) is 0 Å². The van der Waals surface area contributed by atoms with Crippen LogP contribution in [0, 0.1) is 0 Å². The first kappa shape index (κ1) is 19.9. The van der Waals surface area contributed by atoms with Crippen molar-refractivity contribution < 1.29 is 13.2 Å². The Morgan fingerprint density at radius 2 is 1.61 bits per heavy atom. The molecule has 0 unspecified atom stereocenters. The summed E-state index contributed by atoms with van der Waals surface area (Å²) < 4.78 is 33.1. The molecular formula is C22H24N2O3S. The normalized spacial score (nSPS) is 11.2. The molecule has 0 aliphatic heterocycles. The average Bonchev–Trinajstić information content (AvgIpc) is 2.73. The van der Waals surface area contributed by atoms with Gasteiger partial charge >= 0.3 is 0 Å². The Hall–Kier alpha value is -2.86. The minimum Gasteiger partial charge on any atom is -0.492 e. The van der Waals surface area contributed by atoms with Gasteiger partial charge in [-0.2, -0.15) is 0 Å². The smallest absolute Gasteiger partial charge is 0.239 e. The van der Waals surface area contributed by atoms with Gasteiger partial charge in [-0.25, -0.2) is 17.7 Å². The third-order valence-corrected chi connectivity index (χ3v) is 6.02. The maximum absolute atomic E-state index is 13.0. The highest BCUT2D eigenvalue weighted by Crippen LogP contribution is 2.19. The van der Waals surface area contributed by atoms with Gasteiger partial charge in [-0.3, -0.25) is 0 Å². The topological polar surface area (TPSA) is 59.5 Å². The number of anilines is 1. The Balaban J connectivity index is 1.72. The van der Waals surface area contributed by atoms with E-state index in [9.17, 15) is 8.42 Å².